The quantitative estimate of drug-likeness (QED) is 0.536. The Morgan fingerprint density at radius 2 is 2.00 bits per heavy atom. The smallest absolute Gasteiger partial charge is 0.313 e. The van der Waals surface area contributed by atoms with E-state index in [0.29, 0.717) is 5.69 Å². The van der Waals surface area contributed by atoms with Crippen molar-refractivity contribution in [1.29, 1.82) is 0 Å². The Kier molecular flexibility index (Phi) is 6.67. The third kappa shape index (κ3) is 5.74. The van der Waals surface area contributed by atoms with Gasteiger partial charge in [0.25, 0.3) is 0 Å². The van der Waals surface area contributed by atoms with Crippen LogP contribution in [-0.4, -0.2) is 49.0 Å². The zero-order valence-corrected chi connectivity index (χ0v) is 13.1. The molecule has 1 atom stereocenters. The van der Waals surface area contributed by atoms with Crippen LogP contribution in [0, 0.1) is 0 Å². The lowest BCUT2D eigenvalue weighted by molar-refractivity contribution is -0.137. The van der Waals surface area contributed by atoms with Crippen LogP contribution in [0.4, 0.5) is 5.69 Å². The molecule has 0 radical (unpaired) electrons. The molecule has 0 bridgehead atoms. The molecule has 1 rings (SSSR count). The molecule has 6 nitrogen and oxygen atoms in total. The van der Waals surface area contributed by atoms with Gasteiger partial charge in [-0.15, -0.1) is 11.8 Å². The van der Waals surface area contributed by atoms with Gasteiger partial charge in [-0.3, -0.25) is 9.59 Å². The molecule has 1 unspecified atom stereocenters. The molecule has 3 N–H and O–H groups in total. The number of rotatable bonds is 6. The van der Waals surface area contributed by atoms with E-state index in [-0.39, 0.29) is 13.2 Å². The topological polar surface area (TPSA) is 87.7 Å². The minimum atomic E-state index is -1.22. The van der Waals surface area contributed by atoms with Crippen LogP contribution >= 0.6 is 11.8 Å². The number of carbonyl (C=O) groups is 2. The number of benzene rings is 1. The lowest BCUT2D eigenvalue weighted by atomic mass is 10.1. The standard InChI is InChI=1S/C14H20N2O4S/c1-14(19,9-20-2)8-15-12(17)13(18)16-10-6-4-5-7-11(10)21-3/h4-7,19H,8-9H2,1-3H3,(H,15,17)(H,16,18). The summed E-state index contributed by atoms with van der Waals surface area (Å²) in [6.07, 6.45) is 1.88. The average molecular weight is 312 g/mol. The number of amides is 2. The molecule has 0 aromatic heterocycles. The molecule has 0 saturated carbocycles. The summed E-state index contributed by atoms with van der Waals surface area (Å²) in [7, 11) is 1.45. The summed E-state index contributed by atoms with van der Waals surface area (Å²) in [5.41, 5.74) is -0.643. The predicted octanol–water partition coefficient (Wildman–Crippen LogP) is 0.861. The molecule has 0 saturated heterocycles. The SMILES string of the molecule is COCC(C)(O)CNC(=O)C(=O)Nc1ccccc1SC. The summed E-state index contributed by atoms with van der Waals surface area (Å²) in [5, 5.41) is 14.8. The normalized spacial score (nSPS) is 13.3. The van der Waals surface area contributed by atoms with Crippen molar-refractivity contribution in [1.82, 2.24) is 5.32 Å². The van der Waals surface area contributed by atoms with Crippen molar-refractivity contribution < 1.29 is 19.4 Å². The van der Waals surface area contributed by atoms with Crippen LogP contribution in [0.1, 0.15) is 6.92 Å². The minimum absolute atomic E-state index is 0.0597. The number of thioether (sulfide) groups is 1. The Morgan fingerprint density at radius 1 is 1.33 bits per heavy atom. The van der Waals surface area contributed by atoms with Crippen LogP contribution < -0.4 is 10.6 Å². The van der Waals surface area contributed by atoms with Gasteiger partial charge >= 0.3 is 11.8 Å². The van der Waals surface area contributed by atoms with E-state index >= 15 is 0 Å². The zero-order chi connectivity index (χ0) is 15.9. The maximum Gasteiger partial charge on any atom is 0.313 e. The van der Waals surface area contributed by atoms with Gasteiger partial charge in [0.2, 0.25) is 0 Å². The molecule has 0 fully saturated rings. The molecular formula is C14H20N2O4S. The van der Waals surface area contributed by atoms with Crippen LogP contribution in [0.15, 0.2) is 29.2 Å². The van der Waals surface area contributed by atoms with Gasteiger partial charge in [0.1, 0.15) is 5.60 Å². The van der Waals surface area contributed by atoms with Crippen molar-refractivity contribution in [2.24, 2.45) is 0 Å². The number of carbonyl (C=O) groups excluding carboxylic acids is 2. The molecular weight excluding hydrogens is 292 g/mol. The highest BCUT2D eigenvalue weighted by atomic mass is 32.2. The van der Waals surface area contributed by atoms with Crippen molar-refractivity contribution in [3.8, 4) is 0 Å². The molecule has 21 heavy (non-hydrogen) atoms. The molecule has 1 aromatic rings. The second-order valence-corrected chi connectivity index (χ2v) is 5.62. The van der Waals surface area contributed by atoms with E-state index in [2.05, 4.69) is 10.6 Å². The molecule has 0 aliphatic heterocycles. The number of hydrogen-bond donors (Lipinski definition) is 3. The molecule has 116 valence electrons. The monoisotopic (exact) mass is 312 g/mol. The molecule has 0 aliphatic carbocycles. The summed E-state index contributed by atoms with van der Waals surface area (Å²) in [4.78, 5) is 24.4. The lowest BCUT2D eigenvalue weighted by Crippen LogP contribution is -2.46. The van der Waals surface area contributed by atoms with E-state index in [1.807, 2.05) is 18.4 Å². The summed E-state index contributed by atoms with van der Waals surface area (Å²) in [6.45, 7) is 1.50. The van der Waals surface area contributed by atoms with Crippen molar-refractivity contribution in [3.63, 3.8) is 0 Å². The van der Waals surface area contributed by atoms with Gasteiger partial charge in [-0.05, 0) is 25.3 Å². The van der Waals surface area contributed by atoms with Crippen molar-refractivity contribution in [2.75, 3.05) is 31.8 Å². The number of methoxy groups -OCH3 is 1. The van der Waals surface area contributed by atoms with Crippen molar-refractivity contribution in [3.05, 3.63) is 24.3 Å². The van der Waals surface area contributed by atoms with Crippen LogP contribution in [-0.2, 0) is 14.3 Å². The average Bonchev–Trinajstić information content (AvgIpc) is 2.45. The highest BCUT2D eigenvalue weighted by molar-refractivity contribution is 7.98. The molecule has 0 spiro atoms. The fraction of sp³-hybridized carbons (Fsp3) is 0.429. The van der Waals surface area contributed by atoms with Crippen LogP contribution in [0.5, 0.6) is 0 Å². The third-order valence-electron chi connectivity index (χ3n) is 2.65. The van der Waals surface area contributed by atoms with E-state index < -0.39 is 17.4 Å². The number of para-hydroxylation sites is 1. The van der Waals surface area contributed by atoms with Crippen molar-refractivity contribution >= 4 is 29.3 Å². The summed E-state index contributed by atoms with van der Waals surface area (Å²) < 4.78 is 4.82. The first-order chi connectivity index (χ1) is 9.89. The van der Waals surface area contributed by atoms with Gasteiger partial charge in [-0.2, -0.15) is 0 Å². The van der Waals surface area contributed by atoms with E-state index in [1.165, 1.54) is 25.8 Å². The molecule has 0 aliphatic rings. The molecule has 1 aromatic carbocycles. The van der Waals surface area contributed by atoms with Gasteiger partial charge in [-0.1, -0.05) is 12.1 Å². The first-order valence-corrected chi connectivity index (χ1v) is 7.55. The zero-order valence-electron chi connectivity index (χ0n) is 12.3. The first kappa shape index (κ1) is 17.5. The van der Waals surface area contributed by atoms with Gasteiger partial charge in [0, 0.05) is 18.6 Å². The van der Waals surface area contributed by atoms with Crippen LogP contribution in [0.2, 0.25) is 0 Å². The highest BCUT2D eigenvalue weighted by Crippen LogP contribution is 2.24. The Hall–Kier alpha value is -1.57. The fourth-order valence-corrected chi connectivity index (χ4v) is 2.19. The minimum Gasteiger partial charge on any atom is -0.386 e. The van der Waals surface area contributed by atoms with Gasteiger partial charge in [0.15, 0.2) is 0 Å². The molecule has 7 heteroatoms. The van der Waals surface area contributed by atoms with Gasteiger partial charge in [0.05, 0.1) is 12.3 Å². The highest BCUT2D eigenvalue weighted by Gasteiger charge is 2.23. The Bertz CT molecular complexity index is 506. The Morgan fingerprint density at radius 3 is 2.62 bits per heavy atom. The lowest BCUT2D eigenvalue weighted by Gasteiger charge is -2.22. The fourth-order valence-electron chi connectivity index (χ4n) is 1.64. The molecule has 2 amide bonds. The van der Waals surface area contributed by atoms with E-state index in [1.54, 1.807) is 12.1 Å². The number of aliphatic hydroxyl groups is 1. The number of nitrogens with one attached hydrogen (secondary N) is 2. The van der Waals surface area contributed by atoms with Crippen LogP contribution in [0.25, 0.3) is 0 Å². The second kappa shape index (κ2) is 8.02. The number of hydrogen-bond acceptors (Lipinski definition) is 5. The maximum atomic E-state index is 11.8. The first-order valence-electron chi connectivity index (χ1n) is 6.33. The number of ether oxygens (including phenoxy) is 1. The Balaban J connectivity index is 2.57. The van der Waals surface area contributed by atoms with Gasteiger partial charge < -0.3 is 20.5 Å². The van der Waals surface area contributed by atoms with Gasteiger partial charge in [-0.25, -0.2) is 0 Å². The predicted molar refractivity (Wildman–Crippen MR) is 82.4 cm³/mol. The van der Waals surface area contributed by atoms with Crippen molar-refractivity contribution in [2.45, 2.75) is 17.4 Å². The van der Waals surface area contributed by atoms with E-state index in [4.69, 9.17) is 4.74 Å². The molecule has 0 heterocycles. The van der Waals surface area contributed by atoms with E-state index in [9.17, 15) is 14.7 Å². The largest absolute Gasteiger partial charge is 0.386 e. The summed E-state index contributed by atoms with van der Waals surface area (Å²) >= 11 is 1.47. The van der Waals surface area contributed by atoms with E-state index in [0.717, 1.165) is 4.90 Å². The third-order valence-corrected chi connectivity index (χ3v) is 3.44. The second-order valence-electron chi connectivity index (χ2n) is 4.77. The van der Waals surface area contributed by atoms with Crippen LogP contribution in [0.3, 0.4) is 0 Å². The summed E-state index contributed by atoms with van der Waals surface area (Å²) in [6, 6.07) is 7.19. The number of anilines is 1. The maximum absolute atomic E-state index is 11.8. The summed E-state index contributed by atoms with van der Waals surface area (Å²) in [5.74, 6) is -1.58. The Labute approximate surface area is 128 Å².